The first-order valence-electron chi connectivity index (χ1n) is 8.26. The maximum Gasteiger partial charge on any atom is 0.322 e. The highest BCUT2D eigenvalue weighted by molar-refractivity contribution is 5.90. The van der Waals surface area contributed by atoms with E-state index in [9.17, 15) is 4.79 Å². The number of aryl methyl sites for hydroxylation is 3. The molecule has 0 aromatic heterocycles. The van der Waals surface area contributed by atoms with Crippen molar-refractivity contribution in [1.29, 1.82) is 0 Å². The number of rotatable bonds is 2. The summed E-state index contributed by atoms with van der Waals surface area (Å²) >= 11 is 0. The van der Waals surface area contributed by atoms with Crippen molar-refractivity contribution >= 4 is 11.7 Å². The summed E-state index contributed by atoms with van der Waals surface area (Å²) in [6, 6.07) is 14.7. The second kappa shape index (κ2) is 6.45. The monoisotopic (exact) mass is 308 g/mol. The Morgan fingerprint density at radius 3 is 2.65 bits per heavy atom. The fourth-order valence-electron chi connectivity index (χ4n) is 3.35. The molecule has 0 unspecified atom stereocenters. The van der Waals surface area contributed by atoms with Crippen LogP contribution in [0.3, 0.4) is 0 Å². The molecule has 1 aliphatic heterocycles. The Bertz CT molecular complexity index is 723. The Labute approximate surface area is 138 Å². The topological polar surface area (TPSA) is 32.3 Å². The van der Waals surface area contributed by atoms with Gasteiger partial charge in [0.05, 0.1) is 6.04 Å². The number of carbonyl (C=O) groups is 1. The van der Waals surface area contributed by atoms with E-state index in [4.69, 9.17) is 0 Å². The number of anilines is 1. The molecule has 3 rings (SSSR count). The van der Waals surface area contributed by atoms with E-state index in [2.05, 4.69) is 36.5 Å². The maximum atomic E-state index is 12.8. The Balaban J connectivity index is 1.81. The second-order valence-corrected chi connectivity index (χ2v) is 6.46. The number of carbonyl (C=O) groups excluding carboxylic acids is 1. The fraction of sp³-hybridized carbons (Fsp3) is 0.350. The molecule has 3 nitrogen and oxygen atoms in total. The van der Waals surface area contributed by atoms with Gasteiger partial charge in [0.25, 0.3) is 0 Å². The summed E-state index contributed by atoms with van der Waals surface area (Å²) in [7, 11) is 0. The number of benzene rings is 2. The normalized spacial score (nSPS) is 17.3. The minimum Gasteiger partial charge on any atom is -0.317 e. The van der Waals surface area contributed by atoms with Crippen molar-refractivity contribution in [2.45, 2.75) is 39.7 Å². The quantitative estimate of drug-likeness (QED) is 0.833. The first kappa shape index (κ1) is 15.6. The third-order valence-corrected chi connectivity index (χ3v) is 4.70. The molecule has 3 heteroatoms. The number of nitrogens with zero attached hydrogens (tertiary/aromatic N) is 1. The van der Waals surface area contributed by atoms with Gasteiger partial charge in [-0.05, 0) is 61.9 Å². The van der Waals surface area contributed by atoms with E-state index < -0.39 is 0 Å². The zero-order valence-electron chi connectivity index (χ0n) is 14.1. The van der Waals surface area contributed by atoms with E-state index in [1.54, 1.807) is 0 Å². The minimum absolute atomic E-state index is 0.00412. The summed E-state index contributed by atoms with van der Waals surface area (Å²) in [6.07, 6.45) is 2.09. The maximum absolute atomic E-state index is 12.8. The highest BCUT2D eigenvalue weighted by atomic mass is 16.2. The van der Waals surface area contributed by atoms with Crippen LogP contribution in [0.25, 0.3) is 0 Å². The summed E-state index contributed by atoms with van der Waals surface area (Å²) < 4.78 is 0. The van der Waals surface area contributed by atoms with Gasteiger partial charge in [-0.15, -0.1) is 0 Å². The van der Waals surface area contributed by atoms with Crippen LogP contribution in [-0.2, 0) is 0 Å². The molecule has 23 heavy (non-hydrogen) atoms. The number of urea groups is 1. The van der Waals surface area contributed by atoms with Crippen molar-refractivity contribution in [3.63, 3.8) is 0 Å². The van der Waals surface area contributed by atoms with Crippen molar-refractivity contribution in [2.24, 2.45) is 0 Å². The van der Waals surface area contributed by atoms with Gasteiger partial charge in [-0.25, -0.2) is 4.79 Å². The summed E-state index contributed by atoms with van der Waals surface area (Å²) in [5.74, 6) is 0. The third-order valence-electron chi connectivity index (χ3n) is 4.70. The fourth-order valence-corrected chi connectivity index (χ4v) is 3.35. The number of nitrogens with one attached hydrogen (secondary N) is 1. The van der Waals surface area contributed by atoms with E-state index in [0.29, 0.717) is 0 Å². The average molecular weight is 308 g/mol. The van der Waals surface area contributed by atoms with E-state index in [1.165, 1.54) is 11.1 Å². The molecule has 0 aliphatic carbocycles. The molecule has 1 fully saturated rings. The summed E-state index contributed by atoms with van der Waals surface area (Å²) in [5.41, 5.74) is 5.67. The molecule has 1 saturated heterocycles. The zero-order chi connectivity index (χ0) is 16.4. The lowest BCUT2D eigenvalue weighted by atomic mass is 9.99. The van der Waals surface area contributed by atoms with Crippen LogP contribution in [0.15, 0.2) is 42.5 Å². The first-order chi connectivity index (χ1) is 11.1. The summed E-state index contributed by atoms with van der Waals surface area (Å²) in [5, 5.41) is 3.10. The van der Waals surface area contributed by atoms with Gasteiger partial charge in [0, 0.05) is 12.2 Å². The van der Waals surface area contributed by atoms with Gasteiger partial charge in [0.2, 0.25) is 0 Å². The third kappa shape index (κ3) is 3.24. The molecule has 0 bridgehead atoms. The molecule has 0 radical (unpaired) electrons. The van der Waals surface area contributed by atoms with Crippen molar-refractivity contribution in [2.75, 3.05) is 11.9 Å². The van der Waals surface area contributed by atoms with Crippen LogP contribution in [0.5, 0.6) is 0 Å². The van der Waals surface area contributed by atoms with Crippen LogP contribution in [0.4, 0.5) is 10.5 Å². The highest BCUT2D eigenvalue weighted by Crippen LogP contribution is 2.34. The predicted octanol–water partition coefficient (Wildman–Crippen LogP) is 4.98. The molecule has 1 N–H and O–H groups in total. The predicted molar refractivity (Wildman–Crippen MR) is 94.8 cm³/mol. The zero-order valence-corrected chi connectivity index (χ0v) is 14.1. The van der Waals surface area contributed by atoms with Gasteiger partial charge in [-0.1, -0.05) is 36.4 Å². The van der Waals surface area contributed by atoms with Gasteiger partial charge in [0.1, 0.15) is 0 Å². The molecule has 2 aromatic rings. The Kier molecular flexibility index (Phi) is 4.37. The Morgan fingerprint density at radius 2 is 1.87 bits per heavy atom. The summed E-state index contributed by atoms with van der Waals surface area (Å²) in [6.45, 7) is 7.00. The SMILES string of the molecule is Cc1ccc(C)c(NC(=O)N2CCC[C@@H]2c2ccccc2C)c1. The number of likely N-dealkylation sites (tertiary alicyclic amines) is 1. The lowest BCUT2D eigenvalue weighted by molar-refractivity contribution is 0.207. The van der Waals surface area contributed by atoms with E-state index in [0.717, 1.165) is 36.2 Å². The molecule has 1 aliphatic rings. The van der Waals surface area contributed by atoms with E-state index in [1.807, 2.05) is 36.9 Å². The van der Waals surface area contributed by atoms with Gasteiger partial charge in [0.15, 0.2) is 0 Å². The van der Waals surface area contributed by atoms with Gasteiger partial charge < -0.3 is 10.2 Å². The van der Waals surface area contributed by atoms with Gasteiger partial charge >= 0.3 is 6.03 Å². The second-order valence-electron chi connectivity index (χ2n) is 6.46. The molecular formula is C20H24N2O. The van der Waals surface area contributed by atoms with Crippen molar-refractivity contribution in [3.05, 3.63) is 64.7 Å². The minimum atomic E-state index is 0.00412. The van der Waals surface area contributed by atoms with Crippen molar-refractivity contribution < 1.29 is 4.79 Å². The molecule has 2 aromatic carbocycles. The highest BCUT2D eigenvalue weighted by Gasteiger charge is 2.30. The number of hydrogen-bond donors (Lipinski definition) is 1. The molecule has 2 amide bonds. The first-order valence-corrected chi connectivity index (χ1v) is 8.26. The van der Waals surface area contributed by atoms with Crippen molar-refractivity contribution in [3.8, 4) is 0 Å². The molecule has 120 valence electrons. The summed E-state index contributed by atoms with van der Waals surface area (Å²) in [4.78, 5) is 14.8. The molecule has 0 spiro atoms. The molecular weight excluding hydrogens is 284 g/mol. The van der Waals surface area contributed by atoms with Crippen LogP contribution in [-0.4, -0.2) is 17.5 Å². The Morgan fingerprint density at radius 1 is 1.09 bits per heavy atom. The van der Waals surface area contributed by atoms with Gasteiger partial charge in [-0.3, -0.25) is 0 Å². The molecule has 1 atom stereocenters. The smallest absolute Gasteiger partial charge is 0.317 e. The van der Waals surface area contributed by atoms with Crippen LogP contribution < -0.4 is 5.32 Å². The number of amides is 2. The van der Waals surface area contributed by atoms with E-state index in [-0.39, 0.29) is 12.1 Å². The largest absolute Gasteiger partial charge is 0.322 e. The van der Waals surface area contributed by atoms with Crippen LogP contribution >= 0.6 is 0 Å². The lowest BCUT2D eigenvalue weighted by Crippen LogP contribution is -2.34. The number of hydrogen-bond acceptors (Lipinski definition) is 1. The Hall–Kier alpha value is -2.29. The standard InChI is InChI=1S/C20H24N2O/c1-14-10-11-16(3)18(13-14)21-20(23)22-12-6-9-19(22)17-8-5-4-7-15(17)2/h4-5,7-8,10-11,13,19H,6,9,12H2,1-3H3,(H,21,23)/t19-/m1/s1. The van der Waals surface area contributed by atoms with Crippen LogP contribution in [0.2, 0.25) is 0 Å². The van der Waals surface area contributed by atoms with Crippen LogP contribution in [0, 0.1) is 20.8 Å². The average Bonchev–Trinajstić information content (AvgIpc) is 3.01. The van der Waals surface area contributed by atoms with Crippen LogP contribution in [0.1, 0.15) is 41.1 Å². The molecule has 0 saturated carbocycles. The van der Waals surface area contributed by atoms with Gasteiger partial charge in [-0.2, -0.15) is 0 Å². The van der Waals surface area contributed by atoms with E-state index >= 15 is 0 Å². The lowest BCUT2D eigenvalue weighted by Gasteiger charge is -2.27. The molecule has 1 heterocycles. The van der Waals surface area contributed by atoms with Crippen molar-refractivity contribution in [1.82, 2.24) is 4.90 Å².